The molecule has 0 aliphatic carbocycles. The van der Waals surface area contributed by atoms with Crippen molar-refractivity contribution in [1.82, 2.24) is 19.4 Å². The van der Waals surface area contributed by atoms with Gasteiger partial charge >= 0.3 is 0 Å². The van der Waals surface area contributed by atoms with Crippen molar-refractivity contribution < 1.29 is 0 Å². The second-order valence-electron chi connectivity index (χ2n) is 6.00. The molecule has 21 heavy (non-hydrogen) atoms. The van der Waals surface area contributed by atoms with Gasteiger partial charge in [-0.15, -0.1) is 0 Å². The van der Waals surface area contributed by atoms with Gasteiger partial charge in [0.15, 0.2) is 5.82 Å². The van der Waals surface area contributed by atoms with Crippen LogP contribution in [0.4, 0.5) is 5.82 Å². The normalized spacial score (nSPS) is 17.1. The molecule has 0 aromatic carbocycles. The number of imidazole rings is 1. The Morgan fingerprint density at radius 2 is 1.90 bits per heavy atom. The molecule has 110 valence electrons. The van der Waals surface area contributed by atoms with Crippen LogP contribution in [-0.2, 0) is 7.05 Å². The summed E-state index contributed by atoms with van der Waals surface area (Å²) in [6.07, 6.45) is 3.66. The molecule has 3 rings (SSSR count). The molecular weight excluding hydrogens is 264 g/mol. The third-order valence-electron chi connectivity index (χ3n) is 4.27. The molecule has 1 aliphatic rings. The Morgan fingerprint density at radius 3 is 2.57 bits per heavy atom. The molecule has 0 saturated carbocycles. The molecule has 0 unspecified atom stereocenters. The Labute approximate surface area is 124 Å². The summed E-state index contributed by atoms with van der Waals surface area (Å²) in [6.45, 7) is 7.42. The van der Waals surface area contributed by atoms with E-state index in [1.54, 1.807) is 0 Å². The van der Waals surface area contributed by atoms with Crippen molar-refractivity contribution in [3.63, 3.8) is 0 Å². The lowest BCUT2D eigenvalue weighted by Crippen LogP contribution is -2.54. The van der Waals surface area contributed by atoms with Crippen molar-refractivity contribution >= 4 is 16.9 Å². The topological polar surface area (TPSA) is 61.0 Å². The van der Waals surface area contributed by atoms with Crippen molar-refractivity contribution in [2.75, 3.05) is 31.1 Å². The fourth-order valence-electron chi connectivity index (χ4n) is 2.83. The monoisotopic (exact) mass is 284 g/mol. The zero-order valence-electron chi connectivity index (χ0n) is 12.7. The number of nitriles is 1. The van der Waals surface area contributed by atoms with Crippen molar-refractivity contribution in [3.8, 4) is 6.07 Å². The average Bonchev–Trinajstić information content (AvgIpc) is 2.89. The van der Waals surface area contributed by atoms with Crippen LogP contribution in [0.2, 0.25) is 0 Å². The third kappa shape index (κ3) is 2.34. The summed E-state index contributed by atoms with van der Waals surface area (Å²) in [5, 5.41) is 9.24. The molecule has 0 bridgehead atoms. The summed E-state index contributed by atoms with van der Waals surface area (Å²) in [7, 11) is 1.99. The summed E-state index contributed by atoms with van der Waals surface area (Å²) < 4.78 is 2.01. The summed E-state index contributed by atoms with van der Waals surface area (Å²) >= 11 is 0. The molecule has 1 fully saturated rings. The number of pyridine rings is 1. The SMILES string of the molecule is Cn1cnc2c(N3CCN(C(C)(C)C#N)CC3)nccc21. The average molecular weight is 284 g/mol. The number of anilines is 1. The molecule has 6 heteroatoms. The number of hydrogen-bond donors (Lipinski definition) is 0. The van der Waals surface area contributed by atoms with Crippen LogP contribution in [0, 0.1) is 11.3 Å². The fraction of sp³-hybridized carbons (Fsp3) is 0.533. The zero-order chi connectivity index (χ0) is 15.0. The molecule has 1 aliphatic heterocycles. The van der Waals surface area contributed by atoms with Crippen LogP contribution in [-0.4, -0.2) is 51.2 Å². The van der Waals surface area contributed by atoms with E-state index in [0.29, 0.717) is 0 Å². The molecule has 6 nitrogen and oxygen atoms in total. The van der Waals surface area contributed by atoms with Crippen LogP contribution in [0.5, 0.6) is 0 Å². The first kappa shape index (κ1) is 13.8. The molecule has 0 amide bonds. The fourth-order valence-corrected chi connectivity index (χ4v) is 2.83. The number of aryl methyl sites for hydroxylation is 1. The van der Waals surface area contributed by atoms with E-state index in [-0.39, 0.29) is 0 Å². The number of aromatic nitrogens is 3. The van der Waals surface area contributed by atoms with Gasteiger partial charge in [0.1, 0.15) is 11.1 Å². The van der Waals surface area contributed by atoms with Crippen molar-refractivity contribution in [3.05, 3.63) is 18.6 Å². The lowest BCUT2D eigenvalue weighted by atomic mass is 10.0. The van der Waals surface area contributed by atoms with Crippen LogP contribution in [0.3, 0.4) is 0 Å². The van der Waals surface area contributed by atoms with Crippen molar-refractivity contribution in [2.45, 2.75) is 19.4 Å². The maximum absolute atomic E-state index is 9.24. The minimum Gasteiger partial charge on any atom is -0.352 e. The highest BCUT2D eigenvalue weighted by Gasteiger charge is 2.30. The van der Waals surface area contributed by atoms with Gasteiger partial charge < -0.3 is 9.47 Å². The van der Waals surface area contributed by atoms with Crippen molar-refractivity contribution in [1.29, 1.82) is 5.26 Å². The van der Waals surface area contributed by atoms with E-state index in [4.69, 9.17) is 0 Å². The van der Waals surface area contributed by atoms with E-state index in [0.717, 1.165) is 43.0 Å². The Bertz CT molecular complexity index is 688. The summed E-state index contributed by atoms with van der Waals surface area (Å²) in [5.41, 5.74) is 1.64. The minimum atomic E-state index is -0.406. The molecule has 2 aromatic rings. The maximum Gasteiger partial charge on any atom is 0.156 e. The number of rotatable bonds is 2. The van der Waals surface area contributed by atoms with E-state index in [2.05, 4.69) is 25.8 Å². The molecule has 3 heterocycles. The molecule has 0 radical (unpaired) electrons. The number of hydrogen-bond acceptors (Lipinski definition) is 5. The largest absolute Gasteiger partial charge is 0.352 e. The van der Waals surface area contributed by atoms with Gasteiger partial charge in [0, 0.05) is 39.4 Å². The van der Waals surface area contributed by atoms with Gasteiger partial charge in [0.2, 0.25) is 0 Å². The van der Waals surface area contributed by atoms with E-state index in [1.807, 2.05) is 44.1 Å². The van der Waals surface area contributed by atoms with E-state index in [1.165, 1.54) is 0 Å². The quantitative estimate of drug-likeness (QED) is 0.834. The Kier molecular flexibility index (Phi) is 3.30. The van der Waals surface area contributed by atoms with Gasteiger partial charge in [-0.05, 0) is 19.9 Å². The molecule has 2 aromatic heterocycles. The predicted molar refractivity (Wildman–Crippen MR) is 82.0 cm³/mol. The van der Waals surface area contributed by atoms with Gasteiger partial charge in [-0.3, -0.25) is 4.90 Å². The highest BCUT2D eigenvalue weighted by Crippen LogP contribution is 2.25. The van der Waals surface area contributed by atoms with Crippen LogP contribution < -0.4 is 4.90 Å². The van der Waals surface area contributed by atoms with Gasteiger partial charge in [-0.25, -0.2) is 9.97 Å². The minimum absolute atomic E-state index is 0.406. The van der Waals surface area contributed by atoms with Crippen LogP contribution in [0.1, 0.15) is 13.8 Å². The third-order valence-corrected chi connectivity index (χ3v) is 4.27. The number of fused-ring (bicyclic) bond motifs is 1. The molecule has 1 saturated heterocycles. The summed E-state index contributed by atoms with van der Waals surface area (Å²) in [5.74, 6) is 0.947. The smallest absolute Gasteiger partial charge is 0.156 e. The van der Waals surface area contributed by atoms with Crippen LogP contribution >= 0.6 is 0 Å². The second kappa shape index (κ2) is 5.01. The number of nitrogens with zero attached hydrogens (tertiary/aromatic N) is 6. The highest BCUT2D eigenvalue weighted by atomic mass is 15.3. The standard InChI is InChI=1S/C15H20N6/c1-15(2,10-16)21-8-6-20(7-9-21)14-13-12(4-5-17-14)19(3)11-18-13/h4-5,11H,6-9H2,1-3H3. The molecule has 0 N–H and O–H groups in total. The number of piperazine rings is 1. The van der Waals surface area contributed by atoms with Crippen molar-refractivity contribution in [2.24, 2.45) is 7.05 Å². The van der Waals surface area contributed by atoms with Crippen LogP contribution in [0.15, 0.2) is 18.6 Å². The van der Waals surface area contributed by atoms with Crippen LogP contribution in [0.25, 0.3) is 11.0 Å². The molecule has 0 spiro atoms. The zero-order valence-corrected chi connectivity index (χ0v) is 12.7. The second-order valence-corrected chi connectivity index (χ2v) is 6.00. The van der Waals surface area contributed by atoms with Gasteiger partial charge in [-0.1, -0.05) is 0 Å². The van der Waals surface area contributed by atoms with Gasteiger partial charge in [0.05, 0.1) is 17.9 Å². The predicted octanol–water partition coefficient (Wildman–Crippen LogP) is 1.39. The Morgan fingerprint density at radius 1 is 1.19 bits per heavy atom. The van der Waals surface area contributed by atoms with E-state index in [9.17, 15) is 5.26 Å². The Hall–Kier alpha value is -2.13. The Balaban J connectivity index is 1.82. The lowest BCUT2D eigenvalue weighted by molar-refractivity contribution is 0.158. The first-order chi connectivity index (χ1) is 10.0. The molecule has 0 atom stereocenters. The first-order valence-electron chi connectivity index (χ1n) is 7.20. The van der Waals surface area contributed by atoms with E-state index < -0.39 is 5.54 Å². The summed E-state index contributed by atoms with van der Waals surface area (Å²) in [4.78, 5) is 13.5. The van der Waals surface area contributed by atoms with Gasteiger partial charge in [0.25, 0.3) is 0 Å². The first-order valence-corrected chi connectivity index (χ1v) is 7.20. The van der Waals surface area contributed by atoms with E-state index >= 15 is 0 Å². The maximum atomic E-state index is 9.24. The molecular formula is C15H20N6. The van der Waals surface area contributed by atoms with Gasteiger partial charge in [-0.2, -0.15) is 5.26 Å². The summed E-state index contributed by atoms with van der Waals surface area (Å²) in [6, 6.07) is 4.36. The highest BCUT2D eigenvalue weighted by molar-refractivity contribution is 5.86. The lowest BCUT2D eigenvalue weighted by Gasteiger charge is -2.40.